The van der Waals surface area contributed by atoms with E-state index in [4.69, 9.17) is 23.7 Å². The number of carbonyl (C=O) groups is 2. The Balaban J connectivity index is 1.16. The molecule has 4 saturated carbocycles. The fourth-order valence-corrected chi connectivity index (χ4v) is 13.2. The van der Waals surface area contributed by atoms with Crippen molar-refractivity contribution in [3.63, 3.8) is 0 Å². The molecule has 306 valence electrons. The highest BCUT2D eigenvalue weighted by atomic mass is 16.7. The third kappa shape index (κ3) is 5.80. The Bertz CT molecular complexity index is 1500. The molecule has 0 bridgehead atoms. The predicted molar refractivity (Wildman–Crippen MR) is 192 cm³/mol. The van der Waals surface area contributed by atoms with Crippen LogP contribution in [0.3, 0.4) is 0 Å². The Morgan fingerprint density at radius 1 is 0.722 bits per heavy atom. The molecule has 6 N–H and O–H groups in total. The van der Waals surface area contributed by atoms with Gasteiger partial charge in [0.2, 0.25) is 6.29 Å². The number of allylic oxidation sites excluding steroid dienone is 2. The minimum atomic E-state index is -1.59. The topological polar surface area (TPSA) is 202 Å². The van der Waals surface area contributed by atoms with E-state index in [1.807, 2.05) is 6.92 Å². The van der Waals surface area contributed by atoms with E-state index in [2.05, 4.69) is 40.7 Å². The molecule has 2 saturated heterocycles. The van der Waals surface area contributed by atoms with Crippen LogP contribution in [-0.4, -0.2) is 118 Å². The third-order valence-electron chi connectivity index (χ3n) is 16.9. The summed E-state index contributed by atoms with van der Waals surface area (Å²) in [7, 11) is 1.44. The van der Waals surface area contributed by atoms with Gasteiger partial charge in [0, 0.05) is 0 Å². The largest absolute Gasteiger partial charge is 0.469 e. The Morgan fingerprint density at radius 2 is 1.33 bits per heavy atom. The summed E-state index contributed by atoms with van der Waals surface area (Å²) in [4.78, 5) is 27.9. The van der Waals surface area contributed by atoms with Crippen LogP contribution < -0.4 is 0 Å². The number of aliphatic hydroxyl groups excluding tert-OH is 6. The van der Waals surface area contributed by atoms with Gasteiger partial charge in [-0.05, 0) is 111 Å². The lowest BCUT2D eigenvalue weighted by Gasteiger charge is -2.71. The maximum absolute atomic E-state index is 14.0. The molecule has 5 aliphatic carbocycles. The highest BCUT2D eigenvalue weighted by Crippen LogP contribution is 2.76. The number of rotatable bonds is 5. The van der Waals surface area contributed by atoms with E-state index < -0.39 is 66.0 Å². The van der Waals surface area contributed by atoms with Gasteiger partial charge in [0.25, 0.3) is 0 Å². The van der Waals surface area contributed by atoms with Gasteiger partial charge in [0.05, 0.1) is 37.3 Å². The molecule has 17 atom stereocenters. The van der Waals surface area contributed by atoms with E-state index >= 15 is 0 Å². The molecule has 13 nitrogen and oxygen atoms in total. The van der Waals surface area contributed by atoms with Gasteiger partial charge in [-0.2, -0.15) is 0 Å². The number of esters is 2. The highest BCUT2D eigenvalue weighted by Gasteiger charge is 2.70. The van der Waals surface area contributed by atoms with Gasteiger partial charge in [-0.3, -0.25) is 9.59 Å². The zero-order chi connectivity index (χ0) is 39.4. The van der Waals surface area contributed by atoms with Crippen LogP contribution in [0.15, 0.2) is 11.6 Å². The number of methoxy groups -OCH3 is 1. The smallest absolute Gasteiger partial charge is 0.314 e. The quantitative estimate of drug-likeness (QED) is 0.136. The SMILES string of the molecule is COC(=O)C12CCC(C)(C(=O)OC3OCC(O)C(O)C3O)CC1C1=CCC3C4(C)CCC(OC5OCC(O)C(O)C5O)C(C)(C)C4CCC3(C)C1(C)CC2. The lowest BCUT2D eigenvalue weighted by Crippen LogP contribution is -2.66. The zero-order valence-electron chi connectivity index (χ0n) is 33.0. The van der Waals surface area contributed by atoms with Crippen LogP contribution in [0.4, 0.5) is 0 Å². The molecule has 6 fully saturated rings. The van der Waals surface area contributed by atoms with Gasteiger partial charge in [0.15, 0.2) is 6.29 Å². The molecule has 7 aliphatic rings. The first-order valence-corrected chi connectivity index (χ1v) is 20.2. The molecule has 0 spiro atoms. The van der Waals surface area contributed by atoms with Crippen molar-refractivity contribution in [2.45, 2.75) is 161 Å². The fourth-order valence-electron chi connectivity index (χ4n) is 13.2. The molecule has 0 aromatic heterocycles. The average Bonchev–Trinajstić information content (AvgIpc) is 3.12. The molecule has 13 heteroatoms. The number of fused-ring (bicyclic) bond motifs is 7. The van der Waals surface area contributed by atoms with Crippen LogP contribution in [0, 0.1) is 50.2 Å². The van der Waals surface area contributed by atoms with E-state index in [0.717, 1.165) is 38.5 Å². The Kier molecular flexibility index (Phi) is 10.3. The van der Waals surface area contributed by atoms with Crippen molar-refractivity contribution in [1.29, 1.82) is 0 Å². The van der Waals surface area contributed by atoms with E-state index in [-0.39, 0.29) is 52.9 Å². The number of aliphatic hydroxyl groups is 6. The van der Waals surface area contributed by atoms with E-state index in [1.54, 1.807) is 0 Å². The van der Waals surface area contributed by atoms with Gasteiger partial charge in [0.1, 0.15) is 36.6 Å². The average molecular weight is 765 g/mol. The van der Waals surface area contributed by atoms with E-state index in [1.165, 1.54) is 12.7 Å². The summed E-state index contributed by atoms with van der Waals surface area (Å²) in [6.45, 7) is 13.2. The number of carbonyl (C=O) groups excluding carboxylic acids is 2. The van der Waals surface area contributed by atoms with Crippen LogP contribution in [0.5, 0.6) is 0 Å². The second kappa shape index (κ2) is 13.7. The summed E-state index contributed by atoms with van der Waals surface area (Å²) in [6, 6.07) is 0. The van der Waals surface area contributed by atoms with E-state index in [9.17, 15) is 40.2 Å². The highest BCUT2D eigenvalue weighted by molar-refractivity contribution is 5.81. The Labute approximate surface area is 318 Å². The maximum Gasteiger partial charge on any atom is 0.314 e. The van der Waals surface area contributed by atoms with Gasteiger partial charge >= 0.3 is 11.9 Å². The Morgan fingerprint density at radius 3 is 1.98 bits per heavy atom. The summed E-state index contributed by atoms with van der Waals surface area (Å²) in [5, 5.41) is 61.6. The molecule has 0 aromatic rings. The first kappa shape index (κ1) is 40.5. The van der Waals surface area contributed by atoms with Crippen molar-refractivity contribution in [2.75, 3.05) is 20.3 Å². The molecule has 0 radical (unpaired) electrons. The standard InChI is InChI=1S/C41H64O13/c1-36(2)25-10-13-40(6)26(38(25,4)12-11-27(36)53-32-30(46)28(44)23(42)19-51-32)9-8-21-22-18-37(3,34(48)54-33-31(47)29(45)24(43)20-52-33)14-16-41(22,35(49)50-7)17-15-39(21,40)5/h8,22-33,42-47H,9-20H2,1-7H3. The lowest BCUT2D eigenvalue weighted by atomic mass is 9.33. The van der Waals surface area contributed by atoms with Crippen LogP contribution in [0.2, 0.25) is 0 Å². The summed E-state index contributed by atoms with van der Waals surface area (Å²) in [5.41, 5.74) is -1.23. The second-order valence-electron chi connectivity index (χ2n) is 19.7. The van der Waals surface area contributed by atoms with Crippen molar-refractivity contribution in [3.05, 3.63) is 11.6 Å². The van der Waals surface area contributed by atoms with Crippen molar-refractivity contribution < 1.29 is 63.9 Å². The molecule has 17 unspecified atom stereocenters. The minimum absolute atomic E-state index is 0.0378. The molecule has 0 aromatic carbocycles. The first-order chi connectivity index (χ1) is 25.2. The van der Waals surface area contributed by atoms with Gasteiger partial charge in [-0.15, -0.1) is 0 Å². The normalized spacial score (nSPS) is 52.7. The number of hydrogen-bond acceptors (Lipinski definition) is 13. The minimum Gasteiger partial charge on any atom is -0.469 e. The lowest BCUT2D eigenvalue weighted by molar-refractivity contribution is -0.308. The van der Waals surface area contributed by atoms with Crippen molar-refractivity contribution in [2.24, 2.45) is 50.2 Å². The third-order valence-corrected chi connectivity index (χ3v) is 16.9. The zero-order valence-corrected chi connectivity index (χ0v) is 33.0. The molecule has 7 rings (SSSR count). The summed E-state index contributed by atoms with van der Waals surface area (Å²) >= 11 is 0. The molecule has 54 heavy (non-hydrogen) atoms. The summed E-state index contributed by atoms with van der Waals surface area (Å²) < 4.78 is 28.8. The molecule has 2 heterocycles. The molecule has 0 amide bonds. The second-order valence-corrected chi connectivity index (χ2v) is 19.7. The number of hydrogen-bond donors (Lipinski definition) is 6. The van der Waals surface area contributed by atoms with Crippen LogP contribution in [0.25, 0.3) is 0 Å². The van der Waals surface area contributed by atoms with Crippen molar-refractivity contribution >= 4 is 11.9 Å². The summed E-state index contributed by atoms with van der Waals surface area (Å²) in [6.07, 6.45) is -1.34. The van der Waals surface area contributed by atoms with Gasteiger partial charge < -0.3 is 54.3 Å². The van der Waals surface area contributed by atoms with Crippen molar-refractivity contribution in [3.8, 4) is 0 Å². The first-order valence-electron chi connectivity index (χ1n) is 20.2. The molecular formula is C41H64O13. The van der Waals surface area contributed by atoms with E-state index in [0.29, 0.717) is 37.5 Å². The molecule has 2 aliphatic heterocycles. The van der Waals surface area contributed by atoms with Crippen molar-refractivity contribution in [1.82, 2.24) is 0 Å². The van der Waals surface area contributed by atoms with Crippen LogP contribution >= 0.6 is 0 Å². The number of ether oxygens (including phenoxy) is 5. The van der Waals surface area contributed by atoms with Gasteiger partial charge in [-0.1, -0.05) is 46.3 Å². The molecular weight excluding hydrogens is 700 g/mol. The maximum atomic E-state index is 14.0. The van der Waals surface area contributed by atoms with Crippen LogP contribution in [0.1, 0.15) is 106 Å². The monoisotopic (exact) mass is 764 g/mol. The van der Waals surface area contributed by atoms with Crippen LogP contribution in [-0.2, 0) is 33.3 Å². The summed E-state index contributed by atoms with van der Waals surface area (Å²) in [5.74, 6) is -0.430. The van der Waals surface area contributed by atoms with Gasteiger partial charge in [-0.25, -0.2) is 0 Å². The predicted octanol–water partition coefficient (Wildman–Crippen LogP) is 2.75. The Hall–Kier alpha value is -1.68. The fraction of sp³-hybridized carbons (Fsp3) is 0.902.